The molecular weight excluding hydrogens is 324 g/mol. The molecule has 5 nitrogen and oxygen atoms in total. The lowest BCUT2D eigenvalue weighted by Crippen LogP contribution is -2.38. The van der Waals surface area contributed by atoms with Crippen LogP contribution >= 0.6 is 0 Å². The first-order chi connectivity index (χ1) is 11.6. The fourth-order valence-electron chi connectivity index (χ4n) is 2.23. The van der Waals surface area contributed by atoms with E-state index in [2.05, 4.69) is 12.2 Å². The highest BCUT2D eigenvalue weighted by atomic mass is 32.2. The number of aliphatic hydroxyl groups excluding tert-OH is 1. The van der Waals surface area contributed by atoms with Crippen molar-refractivity contribution in [3.8, 4) is 11.8 Å². The van der Waals surface area contributed by atoms with Gasteiger partial charge in [-0.1, -0.05) is 13.8 Å². The second kappa shape index (κ2) is 12.0. The van der Waals surface area contributed by atoms with Crippen molar-refractivity contribution in [1.82, 2.24) is 5.32 Å². The molecule has 2 N–H and O–H groups in total. The van der Waals surface area contributed by atoms with E-state index in [4.69, 9.17) is 10.00 Å². The van der Waals surface area contributed by atoms with Crippen LogP contribution in [0.5, 0.6) is 5.75 Å². The van der Waals surface area contributed by atoms with Crippen LogP contribution in [0.25, 0.3) is 0 Å². The maximum atomic E-state index is 11.7. The molecule has 3 atom stereocenters. The number of benzene rings is 1. The molecule has 0 aliphatic heterocycles. The molecule has 0 saturated carbocycles. The summed E-state index contributed by atoms with van der Waals surface area (Å²) in [6, 6.07) is 9.11. The molecule has 0 amide bonds. The molecule has 1 aromatic rings. The molecule has 0 aliphatic rings. The Hall–Kier alpha value is -1.42. The lowest BCUT2D eigenvalue weighted by atomic mass is 10.1. The molecule has 24 heavy (non-hydrogen) atoms. The number of nitrogens with zero attached hydrogens (tertiary/aromatic N) is 1. The third-order valence-corrected chi connectivity index (χ3v) is 5.24. The highest BCUT2D eigenvalue weighted by Crippen LogP contribution is 2.11. The van der Waals surface area contributed by atoms with Gasteiger partial charge in [0.05, 0.1) is 11.6 Å². The van der Waals surface area contributed by atoms with Crippen molar-refractivity contribution in [3.05, 3.63) is 29.8 Å². The van der Waals surface area contributed by atoms with Crippen molar-refractivity contribution in [3.63, 3.8) is 0 Å². The van der Waals surface area contributed by atoms with Crippen molar-refractivity contribution in [1.29, 1.82) is 5.26 Å². The number of hydrogen-bond acceptors (Lipinski definition) is 5. The molecule has 1 unspecified atom stereocenters. The molecule has 134 valence electrons. The molecule has 6 heteroatoms. The summed E-state index contributed by atoms with van der Waals surface area (Å²) >= 11 is 0. The minimum atomic E-state index is -0.738. The first kappa shape index (κ1) is 20.6. The Labute approximate surface area is 147 Å². The second-order valence-electron chi connectivity index (χ2n) is 5.75. The summed E-state index contributed by atoms with van der Waals surface area (Å²) < 4.78 is 17.2. The Kier molecular flexibility index (Phi) is 10.3. The standard InChI is InChI=1S/C18H28N2O3S/c1-3-10-24(22)11-9-16(4-2)20-13-17(21)14-23-18-7-5-15(12-19)6-8-18/h5-8,16-17,20-21H,3-4,9-11,13-14H2,1-2H3/t16-,17+,24?/m0/s1. The van der Waals surface area contributed by atoms with Gasteiger partial charge in [-0.3, -0.25) is 4.21 Å². The van der Waals surface area contributed by atoms with Crippen LogP contribution in [-0.2, 0) is 10.8 Å². The van der Waals surface area contributed by atoms with Crippen LogP contribution in [0.1, 0.15) is 38.7 Å². The first-order valence-corrected chi connectivity index (χ1v) is 9.97. The summed E-state index contributed by atoms with van der Waals surface area (Å²) in [6.45, 7) is 4.75. The molecule has 0 aromatic heterocycles. The zero-order valence-electron chi connectivity index (χ0n) is 14.5. The smallest absolute Gasteiger partial charge is 0.119 e. The van der Waals surface area contributed by atoms with Gasteiger partial charge in [-0.05, 0) is 43.5 Å². The van der Waals surface area contributed by atoms with Crippen molar-refractivity contribution in [2.45, 2.75) is 45.3 Å². The van der Waals surface area contributed by atoms with Crippen molar-refractivity contribution < 1.29 is 14.1 Å². The molecule has 0 spiro atoms. The van der Waals surface area contributed by atoms with E-state index >= 15 is 0 Å². The molecule has 0 radical (unpaired) electrons. The normalized spacial score (nSPS) is 14.6. The van der Waals surface area contributed by atoms with Gasteiger partial charge in [-0.2, -0.15) is 5.26 Å². The summed E-state index contributed by atoms with van der Waals surface area (Å²) in [5.74, 6) is 2.10. The molecule has 0 aliphatic carbocycles. The highest BCUT2D eigenvalue weighted by molar-refractivity contribution is 7.84. The maximum Gasteiger partial charge on any atom is 0.119 e. The molecule has 0 bridgehead atoms. The van der Waals surface area contributed by atoms with Crippen LogP contribution in [0.3, 0.4) is 0 Å². The van der Waals surface area contributed by atoms with Crippen LogP contribution < -0.4 is 10.1 Å². The SMILES string of the molecule is CCCS(=O)CC[C@H](CC)NC[C@@H](O)COc1ccc(C#N)cc1. The third-order valence-electron chi connectivity index (χ3n) is 3.69. The monoisotopic (exact) mass is 352 g/mol. The predicted molar refractivity (Wildman–Crippen MR) is 97.5 cm³/mol. The van der Waals surface area contributed by atoms with Gasteiger partial charge >= 0.3 is 0 Å². The lowest BCUT2D eigenvalue weighted by molar-refractivity contribution is 0.103. The number of aliphatic hydroxyl groups is 1. The summed E-state index contributed by atoms with van der Waals surface area (Å²) in [6.07, 6.45) is 2.12. The number of ether oxygens (including phenoxy) is 1. The zero-order valence-corrected chi connectivity index (χ0v) is 15.3. The Morgan fingerprint density at radius 2 is 2.00 bits per heavy atom. The molecule has 0 saturated heterocycles. The van der Waals surface area contributed by atoms with Crippen LogP contribution in [0, 0.1) is 11.3 Å². The van der Waals surface area contributed by atoms with E-state index in [0.717, 1.165) is 25.0 Å². The number of nitriles is 1. The summed E-state index contributed by atoms with van der Waals surface area (Å²) in [4.78, 5) is 0. The number of hydrogen-bond donors (Lipinski definition) is 2. The van der Waals surface area contributed by atoms with E-state index in [1.807, 2.05) is 13.0 Å². The molecule has 0 heterocycles. The molecule has 1 aromatic carbocycles. The summed E-state index contributed by atoms with van der Waals surface area (Å²) in [5, 5.41) is 22.1. The Balaban J connectivity index is 2.26. The zero-order chi connectivity index (χ0) is 17.8. The van der Waals surface area contributed by atoms with Gasteiger partial charge in [-0.25, -0.2) is 0 Å². The fourth-order valence-corrected chi connectivity index (χ4v) is 3.44. The molecule has 0 fully saturated rings. The van der Waals surface area contributed by atoms with Crippen molar-refractivity contribution >= 4 is 10.8 Å². The average Bonchev–Trinajstić information content (AvgIpc) is 2.60. The fraction of sp³-hybridized carbons (Fsp3) is 0.611. The van der Waals surface area contributed by atoms with E-state index in [9.17, 15) is 9.32 Å². The molecule has 1 rings (SSSR count). The van der Waals surface area contributed by atoms with Crippen LogP contribution in [-0.4, -0.2) is 46.1 Å². The Bertz CT molecular complexity index is 528. The van der Waals surface area contributed by atoms with Gasteiger partial charge < -0.3 is 15.2 Å². The Morgan fingerprint density at radius 3 is 2.58 bits per heavy atom. The van der Waals surface area contributed by atoms with Gasteiger partial charge in [-0.15, -0.1) is 0 Å². The first-order valence-electron chi connectivity index (χ1n) is 8.48. The average molecular weight is 353 g/mol. The maximum absolute atomic E-state index is 11.7. The Morgan fingerprint density at radius 1 is 1.29 bits per heavy atom. The highest BCUT2D eigenvalue weighted by Gasteiger charge is 2.11. The minimum absolute atomic E-state index is 0.192. The van der Waals surface area contributed by atoms with E-state index in [0.29, 0.717) is 23.6 Å². The summed E-state index contributed by atoms with van der Waals surface area (Å²) in [5.41, 5.74) is 0.579. The second-order valence-corrected chi connectivity index (χ2v) is 7.45. The van der Waals surface area contributed by atoms with Crippen LogP contribution in [0.4, 0.5) is 0 Å². The predicted octanol–water partition coefficient (Wildman–Crippen LogP) is 2.21. The largest absolute Gasteiger partial charge is 0.491 e. The van der Waals surface area contributed by atoms with Gasteiger partial charge in [0, 0.05) is 34.9 Å². The van der Waals surface area contributed by atoms with Crippen LogP contribution in [0.2, 0.25) is 0 Å². The quantitative estimate of drug-likeness (QED) is 0.603. The van der Waals surface area contributed by atoms with E-state index < -0.39 is 16.9 Å². The minimum Gasteiger partial charge on any atom is -0.491 e. The van der Waals surface area contributed by atoms with Gasteiger partial charge in [0.1, 0.15) is 18.5 Å². The topological polar surface area (TPSA) is 82.3 Å². The van der Waals surface area contributed by atoms with Gasteiger partial charge in [0.25, 0.3) is 0 Å². The van der Waals surface area contributed by atoms with Gasteiger partial charge in [0.2, 0.25) is 0 Å². The molecular formula is C18H28N2O3S. The third kappa shape index (κ3) is 8.44. The van der Waals surface area contributed by atoms with E-state index in [1.165, 1.54) is 0 Å². The van der Waals surface area contributed by atoms with Crippen LogP contribution in [0.15, 0.2) is 24.3 Å². The number of nitrogens with one attached hydrogen (secondary N) is 1. The van der Waals surface area contributed by atoms with Crippen molar-refractivity contribution in [2.24, 2.45) is 0 Å². The van der Waals surface area contributed by atoms with E-state index in [-0.39, 0.29) is 12.6 Å². The summed E-state index contributed by atoms with van der Waals surface area (Å²) in [7, 11) is -0.738. The van der Waals surface area contributed by atoms with E-state index in [1.54, 1.807) is 24.3 Å². The van der Waals surface area contributed by atoms with Crippen molar-refractivity contribution in [2.75, 3.05) is 24.7 Å². The number of rotatable bonds is 12. The lowest BCUT2D eigenvalue weighted by Gasteiger charge is -2.19. The van der Waals surface area contributed by atoms with Gasteiger partial charge in [0.15, 0.2) is 0 Å².